The number of hydrogen-bond donors (Lipinski definition) is 1. The highest BCUT2D eigenvalue weighted by Gasteiger charge is 2.52. The summed E-state index contributed by atoms with van der Waals surface area (Å²) in [5.74, 6) is -0.243. The van der Waals surface area contributed by atoms with Gasteiger partial charge in [-0.05, 0) is 19.3 Å². The summed E-state index contributed by atoms with van der Waals surface area (Å²) >= 11 is 0. The largest absolute Gasteiger partial charge is 0.456 e. The van der Waals surface area contributed by atoms with Gasteiger partial charge in [0, 0.05) is 0 Å². The van der Waals surface area contributed by atoms with Crippen molar-refractivity contribution in [2.45, 2.75) is 37.4 Å². The van der Waals surface area contributed by atoms with Gasteiger partial charge in [0.2, 0.25) is 0 Å². The number of hydrogen-bond acceptors (Lipinski definition) is 3. The Balaban J connectivity index is 2.15. The van der Waals surface area contributed by atoms with E-state index in [1.165, 1.54) is 0 Å². The fraction of sp³-hybridized carbons (Fsp3) is 0.857. The molecule has 0 aromatic carbocycles. The van der Waals surface area contributed by atoms with Gasteiger partial charge in [0.1, 0.15) is 11.7 Å². The first-order chi connectivity index (χ1) is 4.73. The molecule has 1 aliphatic heterocycles. The van der Waals surface area contributed by atoms with E-state index in [0.29, 0.717) is 0 Å². The van der Waals surface area contributed by atoms with Crippen molar-refractivity contribution in [2.75, 3.05) is 0 Å². The molecule has 1 atom stereocenters. The second-order valence-electron chi connectivity index (χ2n) is 3.11. The minimum absolute atomic E-state index is 0.194. The zero-order valence-corrected chi connectivity index (χ0v) is 5.67. The van der Waals surface area contributed by atoms with Gasteiger partial charge in [0.15, 0.2) is 0 Å². The van der Waals surface area contributed by atoms with Crippen LogP contribution >= 0.6 is 0 Å². The fourth-order valence-corrected chi connectivity index (χ4v) is 1.64. The molecular weight excluding hydrogens is 132 g/mol. The summed E-state index contributed by atoms with van der Waals surface area (Å²) in [4.78, 5) is 10.7. The van der Waals surface area contributed by atoms with Crippen molar-refractivity contribution in [3.63, 3.8) is 0 Å². The van der Waals surface area contributed by atoms with Crippen LogP contribution in [0.3, 0.4) is 0 Å². The maximum atomic E-state index is 10.7. The molecule has 3 heteroatoms. The van der Waals surface area contributed by atoms with Crippen LogP contribution < -0.4 is 0 Å². The summed E-state index contributed by atoms with van der Waals surface area (Å²) < 4.78 is 5.01. The summed E-state index contributed by atoms with van der Waals surface area (Å²) in [6.45, 7) is 0. The average Bonchev–Trinajstić information content (AvgIpc) is 2.04. The van der Waals surface area contributed by atoms with Crippen molar-refractivity contribution >= 4 is 5.97 Å². The highest BCUT2D eigenvalue weighted by molar-refractivity contribution is 5.73. The highest BCUT2D eigenvalue weighted by atomic mass is 16.6. The third-order valence-corrected chi connectivity index (χ3v) is 2.48. The molecule has 3 nitrogen and oxygen atoms in total. The zero-order chi connectivity index (χ0) is 7.19. The van der Waals surface area contributed by atoms with Crippen LogP contribution in [0.5, 0.6) is 0 Å². The Kier molecular flexibility index (Phi) is 1.06. The van der Waals surface area contributed by atoms with E-state index in [1.54, 1.807) is 0 Å². The number of aliphatic hydroxyl groups is 1. The van der Waals surface area contributed by atoms with Gasteiger partial charge in [0.05, 0.1) is 6.42 Å². The Morgan fingerprint density at radius 1 is 1.60 bits per heavy atom. The molecule has 10 heavy (non-hydrogen) atoms. The molecule has 0 amide bonds. The van der Waals surface area contributed by atoms with E-state index >= 15 is 0 Å². The standard InChI is InChI=1S/C7H10O3/c8-5-4-6(9)10-7(5)2-1-3-7/h5,8H,1-4H2. The fourth-order valence-electron chi connectivity index (χ4n) is 1.64. The minimum atomic E-state index is -0.534. The lowest BCUT2D eigenvalue weighted by Crippen LogP contribution is -2.45. The van der Waals surface area contributed by atoms with Crippen molar-refractivity contribution in [1.29, 1.82) is 0 Å². The van der Waals surface area contributed by atoms with Gasteiger partial charge in [-0.2, -0.15) is 0 Å². The topological polar surface area (TPSA) is 46.5 Å². The molecule has 1 aliphatic carbocycles. The van der Waals surface area contributed by atoms with Gasteiger partial charge >= 0.3 is 5.97 Å². The van der Waals surface area contributed by atoms with Gasteiger partial charge in [-0.3, -0.25) is 4.79 Å². The van der Waals surface area contributed by atoms with Gasteiger partial charge in [-0.1, -0.05) is 0 Å². The van der Waals surface area contributed by atoms with E-state index in [9.17, 15) is 9.90 Å². The quantitative estimate of drug-likeness (QED) is 0.492. The van der Waals surface area contributed by atoms with E-state index < -0.39 is 11.7 Å². The molecule has 2 rings (SSSR count). The highest BCUT2D eigenvalue weighted by Crippen LogP contribution is 2.43. The van der Waals surface area contributed by atoms with Crippen molar-refractivity contribution < 1.29 is 14.6 Å². The molecule has 1 unspecified atom stereocenters. The SMILES string of the molecule is O=C1CC(O)C2(CCC2)O1. The lowest BCUT2D eigenvalue weighted by molar-refractivity contribution is -0.161. The van der Waals surface area contributed by atoms with Crippen LogP contribution in [0.25, 0.3) is 0 Å². The maximum Gasteiger partial charge on any atom is 0.309 e. The molecule has 56 valence electrons. The molecule has 0 bridgehead atoms. The molecule has 1 heterocycles. The van der Waals surface area contributed by atoms with Crippen molar-refractivity contribution in [3.8, 4) is 0 Å². The molecule has 2 fully saturated rings. The summed E-state index contributed by atoms with van der Waals surface area (Å²) in [6.07, 6.45) is 2.43. The van der Waals surface area contributed by atoms with Crippen LogP contribution in [-0.4, -0.2) is 22.8 Å². The number of carbonyl (C=O) groups excluding carboxylic acids is 1. The van der Waals surface area contributed by atoms with E-state index in [-0.39, 0.29) is 12.4 Å². The molecule has 1 saturated carbocycles. The molecule has 0 radical (unpaired) electrons. The molecule has 2 aliphatic rings. The van der Waals surface area contributed by atoms with Crippen LogP contribution in [-0.2, 0) is 9.53 Å². The van der Waals surface area contributed by atoms with Crippen LogP contribution in [0.4, 0.5) is 0 Å². The smallest absolute Gasteiger partial charge is 0.309 e. The summed E-state index contributed by atoms with van der Waals surface area (Å²) in [7, 11) is 0. The lowest BCUT2D eigenvalue weighted by atomic mass is 9.76. The summed E-state index contributed by atoms with van der Waals surface area (Å²) in [5, 5.41) is 9.32. The van der Waals surface area contributed by atoms with E-state index in [4.69, 9.17) is 4.74 Å². The predicted molar refractivity (Wildman–Crippen MR) is 33.3 cm³/mol. The first kappa shape index (κ1) is 6.16. The molecule has 1 spiro atoms. The Bertz CT molecular complexity index is 172. The molecule has 1 N–H and O–H groups in total. The Labute approximate surface area is 59.0 Å². The lowest BCUT2D eigenvalue weighted by Gasteiger charge is -2.38. The van der Waals surface area contributed by atoms with Gasteiger partial charge in [0.25, 0.3) is 0 Å². The average molecular weight is 142 g/mol. The summed E-state index contributed by atoms with van der Waals surface area (Å²) in [5.41, 5.74) is -0.447. The number of aliphatic hydroxyl groups excluding tert-OH is 1. The van der Waals surface area contributed by atoms with Crippen LogP contribution in [0, 0.1) is 0 Å². The molecular formula is C7H10O3. The first-order valence-corrected chi connectivity index (χ1v) is 3.63. The molecule has 1 saturated heterocycles. The predicted octanol–water partition coefficient (Wildman–Crippen LogP) is 0.217. The van der Waals surface area contributed by atoms with Crippen LogP contribution in [0.15, 0.2) is 0 Å². The molecule has 0 aromatic rings. The van der Waals surface area contributed by atoms with Crippen molar-refractivity contribution in [3.05, 3.63) is 0 Å². The van der Waals surface area contributed by atoms with E-state index in [2.05, 4.69) is 0 Å². The third-order valence-electron chi connectivity index (χ3n) is 2.48. The van der Waals surface area contributed by atoms with Gasteiger partial charge < -0.3 is 9.84 Å². The van der Waals surface area contributed by atoms with E-state index in [1.807, 2.05) is 0 Å². The number of esters is 1. The zero-order valence-electron chi connectivity index (χ0n) is 5.67. The maximum absolute atomic E-state index is 10.7. The first-order valence-electron chi connectivity index (χ1n) is 3.63. The van der Waals surface area contributed by atoms with Crippen molar-refractivity contribution in [1.82, 2.24) is 0 Å². The van der Waals surface area contributed by atoms with Crippen molar-refractivity contribution in [2.24, 2.45) is 0 Å². The summed E-state index contributed by atoms with van der Waals surface area (Å²) in [6, 6.07) is 0. The Hall–Kier alpha value is -0.570. The number of rotatable bonds is 0. The van der Waals surface area contributed by atoms with Gasteiger partial charge in [-0.25, -0.2) is 0 Å². The minimum Gasteiger partial charge on any atom is -0.456 e. The monoisotopic (exact) mass is 142 g/mol. The normalized spacial score (nSPS) is 35.7. The van der Waals surface area contributed by atoms with Crippen LogP contribution in [0.2, 0.25) is 0 Å². The van der Waals surface area contributed by atoms with Gasteiger partial charge in [-0.15, -0.1) is 0 Å². The Morgan fingerprint density at radius 3 is 2.50 bits per heavy atom. The number of carbonyl (C=O) groups is 1. The van der Waals surface area contributed by atoms with E-state index in [0.717, 1.165) is 19.3 Å². The second kappa shape index (κ2) is 1.72. The van der Waals surface area contributed by atoms with Crippen LogP contribution in [0.1, 0.15) is 25.7 Å². The Morgan fingerprint density at radius 2 is 2.30 bits per heavy atom. The second-order valence-corrected chi connectivity index (χ2v) is 3.11. The third kappa shape index (κ3) is 0.611. The molecule has 0 aromatic heterocycles. The number of ether oxygens (including phenoxy) is 1.